The number of ether oxygens (including phenoxy) is 1. The fourth-order valence-electron chi connectivity index (χ4n) is 2.84. The van der Waals surface area contributed by atoms with Crippen molar-refractivity contribution in [2.75, 3.05) is 25.0 Å². The monoisotopic (exact) mass is 386 g/mol. The maximum atomic E-state index is 13.5. The number of nitrogens with one attached hydrogen (secondary N) is 1. The standard InChI is InChI=1S/C17H18F4N4O2/c18-13-7-12(17(19,20)21)8-14(9-13)23-16(26)24-4-2-6-27-15(10-24)11-25-5-1-3-22-25/h1,3,5,7-9,15H,2,4,6,10-11H2,(H,23,26)/t15-/m0/s1. The summed E-state index contributed by atoms with van der Waals surface area (Å²) in [5.74, 6) is -1.07. The van der Waals surface area contributed by atoms with Gasteiger partial charge in [-0.1, -0.05) is 0 Å². The van der Waals surface area contributed by atoms with Crippen LogP contribution in [0.5, 0.6) is 0 Å². The van der Waals surface area contributed by atoms with Crippen LogP contribution in [0.25, 0.3) is 0 Å². The minimum atomic E-state index is -4.70. The molecule has 0 spiro atoms. The second-order valence-electron chi connectivity index (χ2n) is 6.18. The van der Waals surface area contributed by atoms with Gasteiger partial charge in [0, 0.05) is 31.2 Å². The van der Waals surface area contributed by atoms with Gasteiger partial charge in [0.05, 0.1) is 24.8 Å². The minimum Gasteiger partial charge on any atom is -0.374 e. The van der Waals surface area contributed by atoms with Gasteiger partial charge in [0.25, 0.3) is 0 Å². The van der Waals surface area contributed by atoms with E-state index in [0.717, 1.165) is 6.07 Å². The van der Waals surface area contributed by atoms with Gasteiger partial charge in [-0.05, 0) is 30.7 Å². The van der Waals surface area contributed by atoms with E-state index >= 15 is 0 Å². The molecule has 27 heavy (non-hydrogen) atoms. The highest BCUT2D eigenvalue weighted by molar-refractivity contribution is 5.89. The number of alkyl halides is 3. The van der Waals surface area contributed by atoms with E-state index in [4.69, 9.17) is 4.74 Å². The van der Waals surface area contributed by atoms with Crippen LogP contribution in [-0.4, -0.2) is 46.5 Å². The summed E-state index contributed by atoms with van der Waals surface area (Å²) in [7, 11) is 0. The molecule has 1 N–H and O–H groups in total. The average molecular weight is 386 g/mol. The van der Waals surface area contributed by atoms with Gasteiger partial charge in [-0.25, -0.2) is 9.18 Å². The van der Waals surface area contributed by atoms with Crippen molar-refractivity contribution < 1.29 is 27.1 Å². The summed E-state index contributed by atoms with van der Waals surface area (Å²) in [6.07, 6.45) is -1.03. The maximum absolute atomic E-state index is 13.5. The third kappa shape index (κ3) is 5.19. The van der Waals surface area contributed by atoms with Crippen LogP contribution in [0.15, 0.2) is 36.7 Å². The first-order valence-electron chi connectivity index (χ1n) is 8.34. The molecule has 0 aliphatic carbocycles. The fourth-order valence-corrected chi connectivity index (χ4v) is 2.84. The molecule has 0 saturated carbocycles. The number of rotatable bonds is 3. The lowest BCUT2D eigenvalue weighted by Crippen LogP contribution is -2.41. The van der Waals surface area contributed by atoms with Gasteiger partial charge in [0.15, 0.2) is 0 Å². The lowest BCUT2D eigenvalue weighted by atomic mass is 10.2. The molecule has 0 unspecified atom stereocenters. The number of anilines is 1. The highest BCUT2D eigenvalue weighted by atomic mass is 19.4. The molecule has 0 radical (unpaired) electrons. The molecule has 6 nitrogen and oxygen atoms in total. The van der Waals surface area contributed by atoms with Gasteiger partial charge in [0.1, 0.15) is 5.82 Å². The summed E-state index contributed by atoms with van der Waals surface area (Å²) < 4.78 is 59.3. The number of carbonyl (C=O) groups is 1. The molecule has 0 bridgehead atoms. The average Bonchev–Trinajstić information content (AvgIpc) is 2.97. The van der Waals surface area contributed by atoms with E-state index in [9.17, 15) is 22.4 Å². The molecule has 1 aromatic heterocycles. The van der Waals surface area contributed by atoms with Crippen LogP contribution in [0.3, 0.4) is 0 Å². The molecular formula is C17H18F4N4O2. The van der Waals surface area contributed by atoms with Crippen LogP contribution >= 0.6 is 0 Å². The molecule has 10 heteroatoms. The smallest absolute Gasteiger partial charge is 0.374 e. The van der Waals surface area contributed by atoms with Gasteiger partial charge >= 0.3 is 12.2 Å². The Balaban J connectivity index is 1.68. The predicted octanol–water partition coefficient (Wildman–Crippen LogP) is 3.36. The summed E-state index contributed by atoms with van der Waals surface area (Å²) in [6, 6.07) is 3.10. The summed E-state index contributed by atoms with van der Waals surface area (Å²) >= 11 is 0. The molecule has 1 aliphatic rings. The topological polar surface area (TPSA) is 59.4 Å². The molecule has 1 aliphatic heterocycles. The van der Waals surface area contributed by atoms with E-state index in [1.165, 1.54) is 4.90 Å². The van der Waals surface area contributed by atoms with Gasteiger partial charge < -0.3 is 15.0 Å². The summed E-state index contributed by atoms with van der Waals surface area (Å²) in [6.45, 7) is 1.51. The van der Waals surface area contributed by atoms with Crippen molar-refractivity contribution in [2.45, 2.75) is 25.2 Å². The maximum Gasteiger partial charge on any atom is 0.416 e. The number of benzene rings is 1. The van der Waals surface area contributed by atoms with Crippen molar-refractivity contribution in [3.63, 3.8) is 0 Å². The number of nitrogens with zero attached hydrogens (tertiary/aromatic N) is 3. The first kappa shape index (κ1) is 19.2. The zero-order valence-corrected chi connectivity index (χ0v) is 14.2. The molecule has 1 atom stereocenters. The number of urea groups is 1. The van der Waals surface area contributed by atoms with Crippen LogP contribution in [-0.2, 0) is 17.5 Å². The number of carbonyl (C=O) groups excluding carboxylic acids is 1. The normalized spacial score (nSPS) is 18.2. The third-order valence-corrected chi connectivity index (χ3v) is 4.06. The predicted molar refractivity (Wildman–Crippen MR) is 88.6 cm³/mol. The number of hydrogen-bond acceptors (Lipinski definition) is 3. The van der Waals surface area contributed by atoms with E-state index < -0.39 is 23.6 Å². The minimum absolute atomic E-state index is 0.243. The number of halogens is 4. The quantitative estimate of drug-likeness (QED) is 0.823. The zero-order chi connectivity index (χ0) is 19.4. The molecule has 2 heterocycles. The van der Waals surface area contributed by atoms with E-state index in [-0.39, 0.29) is 18.3 Å². The molecule has 1 saturated heterocycles. The second kappa shape index (κ2) is 7.95. The van der Waals surface area contributed by atoms with Gasteiger partial charge in [0.2, 0.25) is 0 Å². The lowest BCUT2D eigenvalue weighted by molar-refractivity contribution is -0.137. The van der Waals surface area contributed by atoms with Crippen LogP contribution in [0.2, 0.25) is 0 Å². The van der Waals surface area contributed by atoms with Crippen molar-refractivity contribution in [1.29, 1.82) is 0 Å². The van der Waals surface area contributed by atoms with Crippen LogP contribution < -0.4 is 5.32 Å². The van der Waals surface area contributed by atoms with Gasteiger partial charge in [-0.2, -0.15) is 18.3 Å². The Morgan fingerprint density at radius 2 is 2.15 bits per heavy atom. The van der Waals surface area contributed by atoms with E-state index in [1.54, 1.807) is 23.1 Å². The Morgan fingerprint density at radius 1 is 1.33 bits per heavy atom. The summed E-state index contributed by atoms with van der Waals surface area (Å²) in [5, 5.41) is 6.43. The Bertz CT molecular complexity index is 780. The van der Waals surface area contributed by atoms with Crippen LogP contribution in [0.1, 0.15) is 12.0 Å². The van der Waals surface area contributed by atoms with Crippen LogP contribution in [0, 0.1) is 5.82 Å². The van der Waals surface area contributed by atoms with Crippen molar-refractivity contribution in [2.24, 2.45) is 0 Å². The van der Waals surface area contributed by atoms with E-state index in [1.807, 2.05) is 0 Å². The van der Waals surface area contributed by atoms with E-state index in [2.05, 4.69) is 10.4 Å². The Morgan fingerprint density at radius 3 is 2.85 bits per heavy atom. The van der Waals surface area contributed by atoms with Crippen LogP contribution in [0.4, 0.5) is 28.0 Å². The third-order valence-electron chi connectivity index (χ3n) is 4.06. The molecule has 1 fully saturated rings. The summed E-state index contributed by atoms with van der Waals surface area (Å²) in [4.78, 5) is 13.9. The molecule has 1 aromatic carbocycles. The lowest BCUT2D eigenvalue weighted by Gasteiger charge is -2.24. The number of amides is 2. The van der Waals surface area contributed by atoms with Crippen molar-refractivity contribution in [3.05, 3.63) is 48.0 Å². The second-order valence-corrected chi connectivity index (χ2v) is 6.18. The first-order valence-corrected chi connectivity index (χ1v) is 8.34. The van der Waals surface area contributed by atoms with Crippen molar-refractivity contribution in [3.8, 4) is 0 Å². The Hall–Kier alpha value is -2.62. The Kier molecular flexibility index (Phi) is 5.64. The fraction of sp³-hybridized carbons (Fsp3) is 0.412. The molecule has 2 aromatic rings. The Labute approximate surface area is 152 Å². The molecule has 146 valence electrons. The highest BCUT2D eigenvalue weighted by Gasteiger charge is 2.32. The SMILES string of the molecule is O=C(Nc1cc(F)cc(C(F)(F)F)c1)N1CCCO[C@H](Cn2cccn2)C1. The first-order chi connectivity index (χ1) is 12.8. The highest BCUT2D eigenvalue weighted by Crippen LogP contribution is 2.31. The van der Waals surface area contributed by atoms with Crippen molar-refractivity contribution >= 4 is 11.7 Å². The van der Waals surface area contributed by atoms with Gasteiger partial charge in [-0.15, -0.1) is 0 Å². The van der Waals surface area contributed by atoms with Gasteiger partial charge in [-0.3, -0.25) is 4.68 Å². The molecule has 2 amide bonds. The molecular weight excluding hydrogens is 368 g/mol. The zero-order valence-electron chi connectivity index (χ0n) is 14.2. The van der Waals surface area contributed by atoms with E-state index in [0.29, 0.717) is 38.2 Å². The van der Waals surface area contributed by atoms with Crippen molar-refractivity contribution in [1.82, 2.24) is 14.7 Å². The summed E-state index contributed by atoms with van der Waals surface area (Å²) in [5.41, 5.74) is -1.41. The molecule has 3 rings (SSSR count). The largest absolute Gasteiger partial charge is 0.416 e. The number of hydrogen-bond donors (Lipinski definition) is 1. The number of aromatic nitrogens is 2.